The van der Waals surface area contributed by atoms with Crippen LogP contribution in [0.25, 0.3) is 32.2 Å². The van der Waals surface area contributed by atoms with E-state index in [1.54, 1.807) is 17.7 Å². The molecule has 2 N–H and O–H groups in total. The van der Waals surface area contributed by atoms with Crippen LogP contribution in [0.3, 0.4) is 0 Å². The van der Waals surface area contributed by atoms with E-state index < -0.39 is 0 Å². The van der Waals surface area contributed by atoms with Crippen molar-refractivity contribution < 1.29 is 4.74 Å². The Morgan fingerprint density at radius 3 is 2.74 bits per heavy atom. The maximum absolute atomic E-state index is 5.60. The van der Waals surface area contributed by atoms with Crippen molar-refractivity contribution in [1.29, 1.82) is 0 Å². The van der Waals surface area contributed by atoms with Gasteiger partial charge in [0.1, 0.15) is 22.7 Å². The summed E-state index contributed by atoms with van der Waals surface area (Å²) in [7, 11) is 0. The number of aryl methyl sites for hydroxylation is 1. The Kier molecular flexibility index (Phi) is 5.30. The van der Waals surface area contributed by atoms with Gasteiger partial charge in [-0.15, -0.1) is 11.3 Å². The van der Waals surface area contributed by atoms with Crippen LogP contribution in [0.2, 0.25) is 0 Å². The van der Waals surface area contributed by atoms with Crippen molar-refractivity contribution in [2.75, 3.05) is 18.5 Å². The number of rotatable bonds is 7. The topological polar surface area (TPSA) is 62.8 Å². The number of aromatic amines is 1. The first kappa shape index (κ1) is 19.6. The van der Waals surface area contributed by atoms with Crippen LogP contribution in [0.1, 0.15) is 17.4 Å². The maximum atomic E-state index is 5.60. The summed E-state index contributed by atoms with van der Waals surface area (Å²) < 4.78 is 5.60. The van der Waals surface area contributed by atoms with Gasteiger partial charge in [0.25, 0.3) is 0 Å². The van der Waals surface area contributed by atoms with Gasteiger partial charge < -0.3 is 15.0 Å². The molecule has 2 aromatic carbocycles. The number of nitrogens with one attached hydrogen (secondary N) is 2. The number of fused-ring (bicyclic) bond motifs is 2. The van der Waals surface area contributed by atoms with E-state index in [-0.39, 0.29) is 0 Å². The highest BCUT2D eigenvalue weighted by atomic mass is 32.1. The summed E-state index contributed by atoms with van der Waals surface area (Å²) in [6.45, 7) is 5.60. The molecule has 3 heterocycles. The second-order valence-corrected chi connectivity index (χ2v) is 8.63. The van der Waals surface area contributed by atoms with Gasteiger partial charge >= 0.3 is 0 Å². The molecule has 0 aliphatic rings. The fourth-order valence-electron chi connectivity index (χ4n) is 4.06. The van der Waals surface area contributed by atoms with Gasteiger partial charge in [-0.2, -0.15) is 0 Å². The molecule has 0 spiro atoms. The number of benzene rings is 2. The zero-order valence-electron chi connectivity index (χ0n) is 17.6. The first-order chi connectivity index (χ1) is 15.2. The van der Waals surface area contributed by atoms with E-state index >= 15 is 0 Å². The fraction of sp³-hybridized carbons (Fsp3) is 0.200. The molecule has 5 aromatic rings. The van der Waals surface area contributed by atoms with Crippen LogP contribution < -0.4 is 10.1 Å². The van der Waals surface area contributed by atoms with Gasteiger partial charge in [-0.1, -0.05) is 30.3 Å². The molecule has 5 rings (SSSR count). The fourth-order valence-corrected chi connectivity index (χ4v) is 5.08. The lowest BCUT2D eigenvalue weighted by Crippen LogP contribution is -2.06. The Bertz CT molecular complexity index is 1340. The van der Waals surface area contributed by atoms with Gasteiger partial charge in [-0.3, -0.25) is 0 Å². The predicted octanol–water partition coefficient (Wildman–Crippen LogP) is 6.20. The summed E-state index contributed by atoms with van der Waals surface area (Å²) in [5, 5.41) is 5.93. The molecule has 0 saturated heterocycles. The van der Waals surface area contributed by atoms with Crippen molar-refractivity contribution >= 4 is 38.3 Å². The second-order valence-electron chi connectivity index (χ2n) is 7.43. The van der Waals surface area contributed by atoms with Crippen molar-refractivity contribution in [1.82, 2.24) is 15.0 Å². The molecule has 6 heteroatoms. The Balaban J connectivity index is 1.44. The van der Waals surface area contributed by atoms with Crippen molar-refractivity contribution in [3.05, 3.63) is 71.5 Å². The Morgan fingerprint density at radius 1 is 1.06 bits per heavy atom. The van der Waals surface area contributed by atoms with Crippen molar-refractivity contribution in [3.8, 4) is 16.9 Å². The van der Waals surface area contributed by atoms with Crippen molar-refractivity contribution in [3.63, 3.8) is 0 Å². The molecule has 3 aromatic heterocycles. The van der Waals surface area contributed by atoms with E-state index in [1.807, 2.05) is 19.1 Å². The highest BCUT2D eigenvalue weighted by molar-refractivity contribution is 7.19. The molecule has 5 nitrogen and oxygen atoms in total. The normalized spacial score (nSPS) is 11.3. The third-order valence-corrected chi connectivity index (χ3v) is 6.49. The molecule has 0 amide bonds. The van der Waals surface area contributed by atoms with Crippen LogP contribution >= 0.6 is 11.3 Å². The van der Waals surface area contributed by atoms with E-state index in [0.29, 0.717) is 6.61 Å². The van der Waals surface area contributed by atoms with E-state index in [9.17, 15) is 0 Å². The van der Waals surface area contributed by atoms with E-state index in [2.05, 4.69) is 69.8 Å². The zero-order chi connectivity index (χ0) is 21.2. The SMILES string of the molecule is CCOc1ccc(-c2c(C)sc3ncnc(NCCc4c[nH]c5ccccc45)c23)cc1. The van der Waals surface area contributed by atoms with Gasteiger partial charge in [0.2, 0.25) is 0 Å². The van der Waals surface area contributed by atoms with Crippen molar-refractivity contribution in [2.45, 2.75) is 20.3 Å². The van der Waals surface area contributed by atoms with Gasteiger partial charge in [0.15, 0.2) is 0 Å². The van der Waals surface area contributed by atoms with Gasteiger partial charge in [0.05, 0.1) is 12.0 Å². The molecule has 0 bridgehead atoms. The minimum Gasteiger partial charge on any atom is -0.494 e. The summed E-state index contributed by atoms with van der Waals surface area (Å²) in [5.74, 6) is 1.77. The minimum absolute atomic E-state index is 0.665. The summed E-state index contributed by atoms with van der Waals surface area (Å²) in [5.41, 5.74) is 4.83. The molecule has 0 aliphatic heterocycles. The standard InChI is InChI=1S/C25H24N4OS/c1-3-30-19-10-8-17(9-11-19)22-16(2)31-25-23(22)24(28-15-29-25)26-13-12-18-14-27-21-7-5-4-6-20(18)21/h4-11,14-15,27H,3,12-13H2,1-2H3,(H,26,28,29). The average molecular weight is 429 g/mol. The Labute approximate surface area is 185 Å². The van der Waals surface area contributed by atoms with Crippen LogP contribution in [-0.2, 0) is 6.42 Å². The summed E-state index contributed by atoms with van der Waals surface area (Å²) in [6, 6.07) is 16.7. The highest BCUT2D eigenvalue weighted by Crippen LogP contribution is 2.40. The smallest absolute Gasteiger partial charge is 0.138 e. The van der Waals surface area contributed by atoms with Gasteiger partial charge in [0, 0.05) is 34.1 Å². The van der Waals surface area contributed by atoms with Crippen LogP contribution in [0.5, 0.6) is 5.75 Å². The highest BCUT2D eigenvalue weighted by Gasteiger charge is 2.17. The van der Waals surface area contributed by atoms with Gasteiger partial charge in [-0.25, -0.2) is 9.97 Å². The maximum Gasteiger partial charge on any atom is 0.138 e. The molecule has 31 heavy (non-hydrogen) atoms. The lowest BCUT2D eigenvalue weighted by molar-refractivity contribution is 0.340. The molecule has 156 valence electrons. The van der Waals surface area contributed by atoms with E-state index in [4.69, 9.17) is 4.74 Å². The summed E-state index contributed by atoms with van der Waals surface area (Å²) in [4.78, 5) is 14.7. The largest absolute Gasteiger partial charge is 0.494 e. The number of H-pyrrole nitrogens is 1. The molecular weight excluding hydrogens is 404 g/mol. The minimum atomic E-state index is 0.665. The summed E-state index contributed by atoms with van der Waals surface area (Å²) in [6.07, 6.45) is 4.66. The number of ether oxygens (including phenoxy) is 1. The van der Waals surface area contributed by atoms with Crippen molar-refractivity contribution in [2.24, 2.45) is 0 Å². The lowest BCUT2D eigenvalue weighted by Gasteiger charge is -2.10. The van der Waals surface area contributed by atoms with Gasteiger partial charge in [-0.05, 0) is 49.6 Å². The number of anilines is 1. The number of aromatic nitrogens is 3. The molecule has 0 aliphatic carbocycles. The number of hydrogen-bond donors (Lipinski definition) is 2. The average Bonchev–Trinajstić information content (AvgIpc) is 3.35. The second kappa shape index (κ2) is 8.40. The number of para-hydroxylation sites is 1. The number of hydrogen-bond acceptors (Lipinski definition) is 5. The Hall–Kier alpha value is -3.38. The molecular formula is C25H24N4OS. The monoisotopic (exact) mass is 428 g/mol. The quantitative estimate of drug-likeness (QED) is 0.324. The molecule has 0 radical (unpaired) electrons. The Morgan fingerprint density at radius 2 is 1.90 bits per heavy atom. The molecule has 0 saturated carbocycles. The third-order valence-electron chi connectivity index (χ3n) is 5.48. The first-order valence-corrected chi connectivity index (χ1v) is 11.3. The number of nitrogens with zero attached hydrogens (tertiary/aromatic N) is 2. The van der Waals surface area contributed by atoms with Crippen LogP contribution in [0, 0.1) is 6.92 Å². The lowest BCUT2D eigenvalue weighted by atomic mass is 10.0. The number of thiophene rings is 1. The van der Waals surface area contributed by atoms with Crippen LogP contribution in [-0.4, -0.2) is 28.1 Å². The molecule has 0 unspecified atom stereocenters. The van der Waals surface area contributed by atoms with E-state index in [1.165, 1.54) is 26.9 Å². The first-order valence-electron chi connectivity index (χ1n) is 10.5. The zero-order valence-corrected chi connectivity index (χ0v) is 18.4. The van der Waals surface area contributed by atoms with Crippen LogP contribution in [0.15, 0.2) is 61.1 Å². The summed E-state index contributed by atoms with van der Waals surface area (Å²) >= 11 is 1.71. The molecule has 0 fully saturated rings. The molecule has 0 atom stereocenters. The predicted molar refractivity (Wildman–Crippen MR) is 129 cm³/mol. The van der Waals surface area contributed by atoms with E-state index in [0.717, 1.165) is 40.3 Å². The third kappa shape index (κ3) is 3.75. The van der Waals surface area contributed by atoms with Crippen LogP contribution in [0.4, 0.5) is 5.82 Å².